The van der Waals surface area contributed by atoms with Gasteiger partial charge < -0.3 is 5.32 Å². The number of benzene rings is 2. The van der Waals surface area contributed by atoms with Gasteiger partial charge in [0.05, 0.1) is 6.04 Å². The molecule has 2 heteroatoms. The van der Waals surface area contributed by atoms with E-state index in [0.717, 1.165) is 17.1 Å². The first-order valence-corrected chi connectivity index (χ1v) is 7.47. The lowest BCUT2D eigenvalue weighted by molar-refractivity contribution is 0.627. The average molecular weight is 288 g/mol. The van der Waals surface area contributed by atoms with E-state index in [1.165, 1.54) is 22.3 Å². The van der Waals surface area contributed by atoms with Crippen LogP contribution < -0.4 is 5.32 Å². The highest BCUT2D eigenvalue weighted by atomic mass is 35.5. The molecule has 1 atom stereocenters. The fraction of sp³-hybridized carbons (Fsp3) is 0.333. The summed E-state index contributed by atoms with van der Waals surface area (Å²) in [4.78, 5) is 0. The molecule has 0 aromatic heterocycles. The van der Waals surface area contributed by atoms with Crippen LogP contribution in [0.25, 0.3) is 0 Å². The molecule has 0 heterocycles. The third-order valence-electron chi connectivity index (χ3n) is 3.66. The highest BCUT2D eigenvalue weighted by Crippen LogP contribution is 2.28. The predicted molar refractivity (Wildman–Crippen MR) is 87.6 cm³/mol. The molecule has 0 bridgehead atoms. The molecule has 2 aromatic carbocycles. The molecule has 0 fully saturated rings. The third-order valence-corrected chi connectivity index (χ3v) is 4.08. The molecular weight excluding hydrogens is 266 g/mol. The van der Waals surface area contributed by atoms with Gasteiger partial charge in [-0.05, 0) is 55.6 Å². The summed E-state index contributed by atoms with van der Waals surface area (Å²) in [5, 5.41) is 4.40. The lowest BCUT2D eigenvalue weighted by atomic mass is 9.93. The fourth-order valence-electron chi connectivity index (χ4n) is 2.61. The van der Waals surface area contributed by atoms with Crippen molar-refractivity contribution in [1.29, 1.82) is 0 Å². The second-order valence-electron chi connectivity index (χ2n) is 5.36. The molecule has 20 heavy (non-hydrogen) atoms. The van der Waals surface area contributed by atoms with Crippen molar-refractivity contribution in [1.82, 2.24) is 5.32 Å². The van der Waals surface area contributed by atoms with Crippen LogP contribution in [-0.2, 0) is 0 Å². The fourth-order valence-corrected chi connectivity index (χ4v) is 2.73. The van der Waals surface area contributed by atoms with Crippen LogP contribution in [0.5, 0.6) is 0 Å². The molecule has 1 unspecified atom stereocenters. The number of nitrogens with one attached hydrogen (secondary N) is 1. The van der Waals surface area contributed by atoms with E-state index in [1.807, 2.05) is 6.07 Å². The molecular formula is C18H22ClN. The minimum Gasteiger partial charge on any atom is -0.307 e. The summed E-state index contributed by atoms with van der Waals surface area (Å²) in [7, 11) is 0. The van der Waals surface area contributed by atoms with Gasteiger partial charge in [0.15, 0.2) is 0 Å². The Bertz CT molecular complexity index is 604. The Labute approximate surface area is 127 Å². The summed E-state index contributed by atoms with van der Waals surface area (Å²) in [5.74, 6) is 0. The summed E-state index contributed by atoms with van der Waals surface area (Å²) in [6.45, 7) is 9.43. The number of rotatable bonds is 4. The number of hydrogen-bond acceptors (Lipinski definition) is 1. The van der Waals surface area contributed by atoms with Gasteiger partial charge in [-0.25, -0.2) is 0 Å². The van der Waals surface area contributed by atoms with Crippen LogP contribution in [0.3, 0.4) is 0 Å². The molecule has 2 rings (SSSR count). The molecule has 0 aliphatic heterocycles. The molecule has 0 aliphatic rings. The largest absolute Gasteiger partial charge is 0.307 e. The Morgan fingerprint density at radius 3 is 2.35 bits per heavy atom. The van der Waals surface area contributed by atoms with Crippen LogP contribution in [0.2, 0.25) is 5.02 Å². The van der Waals surface area contributed by atoms with E-state index in [9.17, 15) is 0 Å². The van der Waals surface area contributed by atoms with Crippen LogP contribution in [0.15, 0.2) is 36.4 Å². The van der Waals surface area contributed by atoms with Gasteiger partial charge in [-0.1, -0.05) is 54.4 Å². The molecule has 0 spiro atoms. The molecule has 0 saturated heterocycles. The topological polar surface area (TPSA) is 12.0 Å². The van der Waals surface area contributed by atoms with Gasteiger partial charge in [0.25, 0.3) is 0 Å². The Hall–Kier alpha value is -1.31. The SMILES string of the molecule is CCNC(c1ccc(Cl)c(C)c1)c1ccc(C)cc1C. The van der Waals surface area contributed by atoms with Crippen LogP contribution in [0, 0.1) is 20.8 Å². The van der Waals surface area contributed by atoms with E-state index in [4.69, 9.17) is 11.6 Å². The zero-order valence-corrected chi connectivity index (χ0v) is 13.4. The lowest BCUT2D eigenvalue weighted by Gasteiger charge is -2.22. The summed E-state index contributed by atoms with van der Waals surface area (Å²) in [6, 6.07) is 13.1. The minimum absolute atomic E-state index is 0.219. The predicted octanol–water partition coefficient (Wildman–Crippen LogP) is 4.96. The number of hydrogen-bond donors (Lipinski definition) is 1. The maximum absolute atomic E-state index is 6.14. The second kappa shape index (κ2) is 6.43. The van der Waals surface area contributed by atoms with Crippen LogP contribution in [-0.4, -0.2) is 6.54 Å². The molecule has 2 aromatic rings. The smallest absolute Gasteiger partial charge is 0.0579 e. The van der Waals surface area contributed by atoms with E-state index in [2.05, 4.69) is 63.3 Å². The molecule has 0 aliphatic carbocycles. The van der Waals surface area contributed by atoms with Crippen LogP contribution >= 0.6 is 11.6 Å². The molecule has 0 radical (unpaired) electrons. The van der Waals surface area contributed by atoms with Crippen LogP contribution in [0.4, 0.5) is 0 Å². The molecule has 1 N–H and O–H groups in total. The van der Waals surface area contributed by atoms with Crippen molar-refractivity contribution in [2.24, 2.45) is 0 Å². The van der Waals surface area contributed by atoms with Gasteiger partial charge in [0.2, 0.25) is 0 Å². The van der Waals surface area contributed by atoms with Gasteiger partial charge >= 0.3 is 0 Å². The Morgan fingerprint density at radius 1 is 1.00 bits per heavy atom. The van der Waals surface area contributed by atoms with Gasteiger partial charge in [-0.2, -0.15) is 0 Å². The number of aryl methyl sites for hydroxylation is 3. The zero-order chi connectivity index (χ0) is 14.7. The van der Waals surface area contributed by atoms with Crippen molar-refractivity contribution in [2.75, 3.05) is 6.54 Å². The van der Waals surface area contributed by atoms with Crippen molar-refractivity contribution in [2.45, 2.75) is 33.7 Å². The van der Waals surface area contributed by atoms with Gasteiger partial charge in [0, 0.05) is 5.02 Å². The van der Waals surface area contributed by atoms with E-state index in [0.29, 0.717) is 0 Å². The maximum Gasteiger partial charge on any atom is 0.0579 e. The van der Waals surface area contributed by atoms with E-state index in [1.54, 1.807) is 0 Å². The molecule has 1 nitrogen and oxygen atoms in total. The first kappa shape index (κ1) is 15.1. The number of halogens is 1. The Morgan fingerprint density at radius 2 is 1.75 bits per heavy atom. The van der Waals surface area contributed by atoms with Crippen molar-refractivity contribution >= 4 is 11.6 Å². The summed E-state index contributed by atoms with van der Waals surface area (Å²) in [6.07, 6.45) is 0. The van der Waals surface area contributed by atoms with Crippen molar-refractivity contribution in [3.63, 3.8) is 0 Å². The zero-order valence-electron chi connectivity index (χ0n) is 12.6. The van der Waals surface area contributed by atoms with Gasteiger partial charge in [-0.15, -0.1) is 0 Å². The molecule has 0 amide bonds. The highest BCUT2D eigenvalue weighted by Gasteiger charge is 2.15. The summed E-state index contributed by atoms with van der Waals surface area (Å²) < 4.78 is 0. The third kappa shape index (κ3) is 3.23. The van der Waals surface area contributed by atoms with Gasteiger partial charge in [0.1, 0.15) is 0 Å². The van der Waals surface area contributed by atoms with E-state index in [-0.39, 0.29) is 6.04 Å². The standard InChI is InChI=1S/C18H22ClN/c1-5-20-18(15-7-9-17(19)14(4)11-15)16-8-6-12(2)10-13(16)3/h6-11,18,20H,5H2,1-4H3. The lowest BCUT2D eigenvalue weighted by Crippen LogP contribution is -2.23. The van der Waals surface area contributed by atoms with Crippen molar-refractivity contribution < 1.29 is 0 Å². The normalized spacial score (nSPS) is 12.4. The Balaban J connectivity index is 2.47. The van der Waals surface area contributed by atoms with Crippen molar-refractivity contribution in [3.8, 4) is 0 Å². The van der Waals surface area contributed by atoms with Crippen LogP contribution in [0.1, 0.15) is 40.8 Å². The summed E-state index contributed by atoms with van der Waals surface area (Å²) in [5.41, 5.74) is 6.34. The average Bonchev–Trinajstić information content (AvgIpc) is 2.40. The first-order valence-electron chi connectivity index (χ1n) is 7.09. The quantitative estimate of drug-likeness (QED) is 0.838. The van der Waals surface area contributed by atoms with Crippen molar-refractivity contribution in [3.05, 3.63) is 69.2 Å². The highest BCUT2D eigenvalue weighted by molar-refractivity contribution is 6.31. The minimum atomic E-state index is 0.219. The first-order chi connectivity index (χ1) is 9.52. The second-order valence-corrected chi connectivity index (χ2v) is 5.77. The van der Waals surface area contributed by atoms with Gasteiger partial charge in [-0.3, -0.25) is 0 Å². The van der Waals surface area contributed by atoms with E-state index < -0.39 is 0 Å². The van der Waals surface area contributed by atoms with E-state index >= 15 is 0 Å². The maximum atomic E-state index is 6.14. The monoisotopic (exact) mass is 287 g/mol. The molecule has 106 valence electrons. The Kier molecular flexibility index (Phi) is 4.85. The molecule has 0 saturated carbocycles. The summed E-state index contributed by atoms with van der Waals surface area (Å²) >= 11 is 6.14.